The van der Waals surface area contributed by atoms with E-state index in [0.29, 0.717) is 29.6 Å². The number of aromatic nitrogens is 2. The van der Waals surface area contributed by atoms with Gasteiger partial charge in [-0.05, 0) is 55.1 Å². The summed E-state index contributed by atoms with van der Waals surface area (Å²) in [6.45, 7) is 8.11. The maximum Gasteiger partial charge on any atom is 0.263 e. The van der Waals surface area contributed by atoms with Crippen molar-refractivity contribution < 1.29 is 9.59 Å². The number of rotatable bonds is 3. The first-order valence-corrected chi connectivity index (χ1v) is 12.0. The van der Waals surface area contributed by atoms with Gasteiger partial charge in [0.1, 0.15) is 5.51 Å². The summed E-state index contributed by atoms with van der Waals surface area (Å²) in [6, 6.07) is 2.12. The van der Waals surface area contributed by atoms with Crippen molar-refractivity contribution >= 4 is 39.6 Å². The van der Waals surface area contributed by atoms with Crippen molar-refractivity contribution in [2.45, 2.75) is 52.9 Å². The molecule has 2 atom stereocenters. The summed E-state index contributed by atoms with van der Waals surface area (Å²) >= 11 is 2.96. The first-order valence-electron chi connectivity index (χ1n) is 10.3. The Bertz CT molecular complexity index is 885. The summed E-state index contributed by atoms with van der Waals surface area (Å²) < 4.78 is 0. The van der Waals surface area contributed by atoms with Gasteiger partial charge in [0.2, 0.25) is 11.0 Å². The molecule has 0 saturated carbocycles. The number of likely N-dealkylation sites (tertiary alicyclic amines) is 1. The molecule has 1 aliphatic heterocycles. The van der Waals surface area contributed by atoms with Gasteiger partial charge in [-0.1, -0.05) is 32.1 Å². The maximum atomic E-state index is 13.2. The van der Waals surface area contributed by atoms with Crippen molar-refractivity contribution in [3.8, 4) is 0 Å². The van der Waals surface area contributed by atoms with Gasteiger partial charge in [-0.2, -0.15) is 0 Å². The molecule has 1 fully saturated rings. The summed E-state index contributed by atoms with van der Waals surface area (Å²) in [6.07, 6.45) is 4.97. The minimum Gasteiger partial charge on any atom is -0.337 e. The molecule has 0 spiro atoms. The van der Waals surface area contributed by atoms with E-state index in [1.54, 1.807) is 16.8 Å². The van der Waals surface area contributed by atoms with Gasteiger partial charge in [-0.3, -0.25) is 9.59 Å². The van der Waals surface area contributed by atoms with E-state index in [1.165, 1.54) is 28.2 Å². The van der Waals surface area contributed by atoms with Crippen LogP contribution < -0.4 is 5.32 Å². The van der Waals surface area contributed by atoms with Crippen LogP contribution in [0.3, 0.4) is 0 Å². The fourth-order valence-corrected chi connectivity index (χ4v) is 5.96. The molecule has 0 aromatic carbocycles. The van der Waals surface area contributed by atoms with Gasteiger partial charge in [0.05, 0.1) is 10.8 Å². The highest BCUT2D eigenvalue weighted by Crippen LogP contribution is 2.40. The highest BCUT2D eigenvalue weighted by Gasteiger charge is 2.33. The normalized spacial score (nSPS) is 22.2. The lowest BCUT2D eigenvalue weighted by Crippen LogP contribution is -2.43. The van der Waals surface area contributed by atoms with Crippen LogP contribution in [0.4, 0.5) is 5.13 Å². The van der Waals surface area contributed by atoms with Crippen LogP contribution in [0.5, 0.6) is 0 Å². The maximum absolute atomic E-state index is 13.2. The summed E-state index contributed by atoms with van der Waals surface area (Å²) in [5.74, 6) is 0.468. The summed E-state index contributed by atoms with van der Waals surface area (Å²) in [4.78, 5) is 29.8. The van der Waals surface area contributed by atoms with Crippen LogP contribution >= 0.6 is 22.7 Å². The van der Waals surface area contributed by atoms with Crippen molar-refractivity contribution in [1.29, 1.82) is 0 Å². The molecule has 8 heteroatoms. The minimum atomic E-state index is -0.198. The van der Waals surface area contributed by atoms with Crippen LogP contribution in [0.1, 0.15) is 60.1 Å². The average molecular weight is 433 g/mol. The largest absolute Gasteiger partial charge is 0.337 e. The van der Waals surface area contributed by atoms with Crippen LogP contribution in [0.15, 0.2) is 11.6 Å². The number of anilines is 1. The second-order valence-corrected chi connectivity index (χ2v) is 11.2. The second kappa shape index (κ2) is 8.14. The van der Waals surface area contributed by atoms with Crippen LogP contribution in [0.25, 0.3) is 0 Å². The van der Waals surface area contributed by atoms with Crippen LogP contribution in [0.2, 0.25) is 0 Å². The van der Waals surface area contributed by atoms with Crippen LogP contribution in [0, 0.1) is 17.3 Å². The number of amides is 2. The highest BCUT2D eigenvalue weighted by molar-refractivity contribution is 7.14. The smallest absolute Gasteiger partial charge is 0.263 e. The van der Waals surface area contributed by atoms with E-state index in [9.17, 15) is 9.59 Å². The number of carbonyl (C=O) groups excluding carboxylic acids is 2. The number of thiophene rings is 1. The minimum absolute atomic E-state index is 0.0715. The second-order valence-electron chi connectivity index (χ2n) is 9.19. The zero-order valence-corrected chi connectivity index (χ0v) is 18.9. The van der Waals surface area contributed by atoms with Crippen molar-refractivity contribution in [3.05, 3.63) is 26.9 Å². The molecule has 1 N–H and O–H groups in total. The molecule has 1 saturated heterocycles. The lowest BCUT2D eigenvalue weighted by atomic mass is 9.72. The standard InChI is InChI=1S/C21H28N4O2S2/c1-21(2,3)15-6-7-16-14(9-15)10-17(29-16)19(27)25-8-4-5-13(11-25)18(26)23-20-24-22-12-28-20/h10,12-13,15H,4-9,11H2,1-3H3,(H,23,24,26). The molecule has 6 nitrogen and oxygen atoms in total. The Hall–Kier alpha value is -1.80. The Kier molecular flexibility index (Phi) is 5.75. The molecule has 156 valence electrons. The first kappa shape index (κ1) is 20.5. The Morgan fingerprint density at radius 2 is 2.10 bits per heavy atom. The van der Waals surface area contributed by atoms with Gasteiger partial charge >= 0.3 is 0 Å². The molecule has 0 bridgehead atoms. The fourth-order valence-electron chi connectivity index (χ4n) is 4.33. The van der Waals surface area contributed by atoms with Crippen molar-refractivity contribution in [1.82, 2.24) is 15.1 Å². The monoisotopic (exact) mass is 432 g/mol. The molecular weight excluding hydrogens is 404 g/mol. The van der Waals surface area contributed by atoms with E-state index < -0.39 is 0 Å². The van der Waals surface area contributed by atoms with E-state index >= 15 is 0 Å². The van der Waals surface area contributed by atoms with E-state index in [4.69, 9.17) is 0 Å². The van der Waals surface area contributed by atoms with Crippen molar-refractivity contribution in [2.24, 2.45) is 17.3 Å². The van der Waals surface area contributed by atoms with Crippen molar-refractivity contribution in [3.63, 3.8) is 0 Å². The lowest BCUT2D eigenvalue weighted by Gasteiger charge is -2.33. The van der Waals surface area contributed by atoms with Gasteiger partial charge in [0.25, 0.3) is 5.91 Å². The SMILES string of the molecule is CC(C)(C)C1CCc2sc(C(=O)N3CCCC(C(=O)Nc4nncs4)C3)cc2C1. The molecule has 2 aromatic heterocycles. The van der Waals surface area contributed by atoms with E-state index in [2.05, 4.69) is 42.4 Å². The van der Waals surface area contributed by atoms with E-state index in [1.807, 2.05) is 4.90 Å². The number of piperidine rings is 1. The van der Waals surface area contributed by atoms with Gasteiger partial charge in [-0.25, -0.2) is 0 Å². The molecule has 2 unspecified atom stereocenters. The van der Waals surface area contributed by atoms with E-state index in [-0.39, 0.29) is 17.7 Å². The Labute approximate surface area is 179 Å². The predicted molar refractivity (Wildman–Crippen MR) is 116 cm³/mol. The van der Waals surface area contributed by atoms with Gasteiger partial charge in [-0.15, -0.1) is 21.5 Å². The van der Waals surface area contributed by atoms with Crippen LogP contribution in [-0.4, -0.2) is 40.0 Å². The first-order chi connectivity index (χ1) is 13.8. The lowest BCUT2D eigenvalue weighted by molar-refractivity contribution is -0.121. The molecule has 2 aromatic rings. The zero-order valence-electron chi connectivity index (χ0n) is 17.2. The molecule has 0 radical (unpaired) electrons. The number of hydrogen-bond acceptors (Lipinski definition) is 6. The number of nitrogens with zero attached hydrogens (tertiary/aromatic N) is 3. The molecule has 3 heterocycles. The number of aryl methyl sites for hydroxylation is 1. The summed E-state index contributed by atoms with van der Waals surface area (Å²) in [7, 11) is 0. The zero-order chi connectivity index (χ0) is 20.6. The third kappa shape index (κ3) is 4.53. The number of fused-ring (bicyclic) bond motifs is 1. The van der Waals surface area contributed by atoms with Gasteiger partial charge in [0, 0.05) is 18.0 Å². The average Bonchev–Trinajstić information content (AvgIpc) is 3.35. The molecule has 4 rings (SSSR count). The Morgan fingerprint density at radius 3 is 2.83 bits per heavy atom. The van der Waals surface area contributed by atoms with Crippen LogP contribution in [-0.2, 0) is 17.6 Å². The fraction of sp³-hybridized carbons (Fsp3) is 0.619. The quantitative estimate of drug-likeness (QED) is 0.787. The molecular formula is C21H28N4O2S2. The Morgan fingerprint density at radius 1 is 1.28 bits per heavy atom. The number of hydrogen-bond donors (Lipinski definition) is 1. The Balaban J connectivity index is 1.42. The summed E-state index contributed by atoms with van der Waals surface area (Å²) in [5.41, 5.74) is 3.24. The number of nitrogens with one attached hydrogen (secondary N) is 1. The third-order valence-electron chi connectivity index (χ3n) is 6.19. The van der Waals surface area contributed by atoms with Gasteiger partial charge in [0.15, 0.2) is 0 Å². The molecule has 2 aliphatic rings. The third-order valence-corrected chi connectivity index (χ3v) is 8.02. The van der Waals surface area contributed by atoms with E-state index in [0.717, 1.165) is 30.6 Å². The molecule has 1 aliphatic carbocycles. The predicted octanol–water partition coefficient (Wildman–Crippen LogP) is 4.24. The summed E-state index contributed by atoms with van der Waals surface area (Å²) in [5, 5.41) is 10.9. The van der Waals surface area contributed by atoms with Gasteiger partial charge < -0.3 is 10.2 Å². The van der Waals surface area contributed by atoms with Crippen molar-refractivity contribution in [2.75, 3.05) is 18.4 Å². The molecule has 29 heavy (non-hydrogen) atoms. The molecule has 2 amide bonds. The number of carbonyl (C=O) groups is 2. The highest BCUT2D eigenvalue weighted by atomic mass is 32.1. The topological polar surface area (TPSA) is 75.2 Å².